The fourth-order valence-corrected chi connectivity index (χ4v) is 3.74. The fraction of sp³-hybridized carbons (Fsp3) is 0.643. The van der Waals surface area contributed by atoms with E-state index in [9.17, 15) is 0 Å². The summed E-state index contributed by atoms with van der Waals surface area (Å²) in [6, 6.07) is 3.04. The molecule has 5 heteroatoms. The van der Waals surface area contributed by atoms with E-state index in [1.807, 2.05) is 6.20 Å². The van der Waals surface area contributed by atoms with E-state index in [-0.39, 0.29) is 0 Å². The molecule has 1 aromatic rings. The molecule has 2 fully saturated rings. The lowest BCUT2D eigenvalue weighted by Crippen LogP contribution is -2.43. The van der Waals surface area contributed by atoms with Gasteiger partial charge >= 0.3 is 0 Å². The molecule has 0 radical (unpaired) electrons. The van der Waals surface area contributed by atoms with Crippen LogP contribution in [0.3, 0.4) is 0 Å². The Balaban J connectivity index is 1.70. The van der Waals surface area contributed by atoms with Crippen molar-refractivity contribution in [2.75, 3.05) is 13.1 Å². The second-order valence-corrected chi connectivity index (χ2v) is 6.28. The Morgan fingerprint density at radius 3 is 2.95 bits per heavy atom. The molecule has 0 aromatic carbocycles. The Morgan fingerprint density at radius 2 is 2.21 bits per heavy atom. The van der Waals surface area contributed by atoms with Crippen molar-refractivity contribution in [3.63, 3.8) is 0 Å². The highest BCUT2D eigenvalue weighted by molar-refractivity contribution is 6.34. The van der Waals surface area contributed by atoms with E-state index < -0.39 is 0 Å². The Morgan fingerprint density at radius 1 is 1.32 bits per heavy atom. The largest absolute Gasteiger partial charge is 0.312 e. The topological polar surface area (TPSA) is 28.2 Å². The minimum atomic E-state index is 0.462. The summed E-state index contributed by atoms with van der Waals surface area (Å²) in [5.74, 6) is 0. The fourth-order valence-electron chi connectivity index (χ4n) is 3.31. The second kappa shape index (κ2) is 5.96. The van der Waals surface area contributed by atoms with Gasteiger partial charge in [0.1, 0.15) is 5.15 Å². The number of pyridine rings is 1. The van der Waals surface area contributed by atoms with Gasteiger partial charge in [-0.1, -0.05) is 23.2 Å². The van der Waals surface area contributed by atoms with Gasteiger partial charge in [0, 0.05) is 35.4 Å². The Labute approximate surface area is 124 Å². The summed E-state index contributed by atoms with van der Waals surface area (Å²) in [4.78, 5) is 6.68. The third kappa shape index (κ3) is 3.05. The maximum absolute atomic E-state index is 6.25. The highest BCUT2D eigenvalue weighted by Gasteiger charge is 2.33. The van der Waals surface area contributed by atoms with Crippen LogP contribution in [-0.4, -0.2) is 35.1 Å². The zero-order chi connectivity index (χ0) is 13.2. The minimum absolute atomic E-state index is 0.462. The average Bonchev–Trinajstić information content (AvgIpc) is 3.03. The summed E-state index contributed by atoms with van der Waals surface area (Å²) < 4.78 is 0. The van der Waals surface area contributed by atoms with Crippen LogP contribution in [0.15, 0.2) is 12.3 Å². The van der Waals surface area contributed by atoms with E-state index >= 15 is 0 Å². The van der Waals surface area contributed by atoms with Gasteiger partial charge in [-0.2, -0.15) is 0 Å². The quantitative estimate of drug-likeness (QED) is 0.869. The number of rotatable bonds is 3. The molecule has 2 aliphatic rings. The van der Waals surface area contributed by atoms with Gasteiger partial charge in [-0.25, -0.2) is 4.98 Å². The van der Waals surface area contributed by atoms with Crippen LogP contribution in [-0.2, 0) is 6.54 Å². The monoisotopic (exact) mass is 299 g/mol. The number of aromatic nitrogens is 1. The molecule has 2 aliphatic heterocycles. The molecule has 104 valence electrons. The molecule has 2 atom stereocenters. The molecule has 0 aliphatic carbocycles. The molecule has 0 spiro atoms. The number of likely N-dealkylation sites (tertiary alicyclic amines) is 1. The van der Waals surface area contributed by atoms with Crippen LogP contribution in [0.25, 0.3) is 0 Å². The molecule has 1 aromatic heterocycles. The van der Waals surface area contributed by atoms with Gasteiger partial charge < -0.3 is 5.32 Å². The maximum atomic E-state index is 6.25. The first-order valence-corrected chi connectivity index (χ1v) is 7.77. The lowest BCUT2D eigenvalue weighted by molar-refractivity contribution is 0.206. The van der Waals surface area contributed by atoms with Gasteiger partial charge in [0.15, 0.2) is 0 Å². The first-order chi connectivity index (χ1) is 9.24. The molecule has 0 bridgehead atoms. The van der Waals surface area contributed by atoms with E-state index in [0.717, 1.165) is 30.2 Å². The predicted octanol–water partition coefficient (Wildman–Crippen LogP) is 3.10. The minimum Gasteiger partial charge on any atom is -0.312 e. The van der Waals surface area contributed by atoms with Gasteiger partial charge in [-0.05, 0) is 44.8 Å². The highest BCUT2D eigenvalue weighted by Crippen LogP contribution is 2.28. The van der Waals surface area contributed by atoms with Crippen LogP contribution >= 0.6 is 23.2 Å². The van der Waals surface area contributed by atoms with Crippen LogP contribution in [0.5, 0.6) is 0 Å². The van der Waals surface area contributed by atoms with Crippen LogP contribution < -0.4 is 5.32 Å². The number of halogens is 2. The molecular formula is C14H19Cl2N3. The smallest absolute Gasteiger partial charge is 0.130 e. The summed E-state index contributed by atoms with van der Waals surface area (Å²) in [6.07, 6.45) is 6.98. The zero-order valence-corrected chi connectivity index (χ0v) is 12.4. The van der Waals surface area contributed by atoms with Gasteiger partial charge in [0.2, 0.25) is 0 Å². The predicted molar refractivity (Wildman–Crippen MR) is 78.7 cm³/mol. The summed E-state index contributed by atoms with van der Waals surface area (Å²) in [5, 5.41) is 4.82. The number of hydrogen-bond donors (Lipinski definition) is 1. The molecule has 3 heterocycles. The summed E-state index contributed by atoms with van der Waals surface area (Å²) in [5.41, 5.74) is 1.08. The molecule has 0 amide bonds. The molecule has 3 nitrogen and oxygen atoms in total. The van der Waals surface area contributed by atoms with Crippen molar-refractivity contribution in [3.8, 4) is 0 Å². The molecule has 3 rings (SSSR count). The summed E-state index contributed by atoms with van der Waals surface area (Å²) in [7, 11) is 0. The van der Waals surface area contributed by atoms with E-state index in [2.05, 4.69) is 15.2 Å². The zero-order valence-electron chi connectivity index (χ0n) is 10.9. The van der Waals surface area contributed by atoms with Gasteiger partial charge in [-0.3, -0.25) is 4.90 Å². The highest BCUT2D eigenvalue weighted by atomic mass is 35.5. The van der Waals surface area contributed by atoms with Crippen molar-refractivity contribution in [1.82, 2.24) is 15.2 Å². The van der Waals surface area contributed by atoms with E-state index in [4.69, 9.17) is 23.2 Å². The second-order valence-electron chi connectivity index (χ2n) is 5.48. The van der Waals surface area contributed by atoms with Gasteiger partial charge in [-0.15, -0.1) is 0 Å². The van der Waals surface area contributed by atoms with Gasteiger partial charge in [0.25, 0.3) is 0 Å². The van der Waals surface area contributed by atoms with Crippen molar-refractivity contribution in [3.05, 3.63) is 28.0 Å². The first-order valence-electron chi connectivity index (χ1n) is 7.01. The van der Waals surface area contributed by atoms with E-state index in [1.165, 1.54) is 25.7 Å². The standard InChI is InChI=1S/C14H19Cl2N3/c15-11-7-14(16)18-8-10(11)9-19-6-2-4-13(19)12-3-1-5-17-12/h7-8,12-13,17H,1-6,9H2. The Kier molecular flexibility index (Phi) is 4.27. The molecular weight excluding hydrogens is 281 g/mol. The summed E-state index contributed by atoms with van der Waals surface area (Å²) >= 11 is 12.1. The third-order valence-electron chi connectivity index (χ3n) is 4.25. The summed E-state index contributed by atoms with van der Waals surface area (Å²) in [6.45, 7) is 3.20. The molecule has 2 saturated heterocycles. The van der Waals surface area contributed by atoms with Gasteiger partial charge in [0.05, 0.1) is 0 Å². The molecule has 1 N–H and O–H groups in total. The molecule has 0 saturated carbocycles. The normalized spacial score (nSPS) is 28.1. The Bertz CT molecular complexity index is 446. The van der Waals surface area contributed by atoms with Crippen LogP contribution in [0, 0.1) is 0 Å². The molecule has 2 unspecified atom stereocenters. The van der Waals surface area contributed by atoms with Crippen molar-refractivity contribution in [2.24, 2.45) is 0 Å². The first kappa shape index (κ1) is 13.6. The third-order valence-corrected chi connectivity index (χ3v) is 4.81. The number of hydrogen-bond acceptors (Lipinski definition) is 3. The Hall–Kier alpha value is -0.350. The van der Waals surface area contributed by atoms with E-state index in [0.29, 0.717) is 17.2 Å². The van der Waals surface area contributed by atoms with Crippen molar-refractivity contribution < 1.29 is 0 Å². The van der Waals surface area contributed by atoms with E-state index in [1.54, 1.807) is 6.07 Å². The molecule has 19 heavy (non-hydrogen) atoms. The van der Waals surface area contributed by atoms with Crippen LogP contribution in [0.2, 0.25) is 10.2 Å². The average molecular weight is 300 g/mol. The number of nitrogens with zero attached hydrogens (tertiary/aromatic N) is 2. The van der Waals surface area contributed by atoms with Crippen molar-refractivity contribution >= 4 is 23.2 Å². The number of nitrogens with one attached hydrogen (secondary N) is 1. The SMILES string of the molecule is Clc1cc(Cl)c(CN2CCCC2C2CCCN2)cn1. The van der Waals surface area contributed by atoms with Crippen molar-refractivity contribution in [1.29, 1.82) is 0 Å². The lowest BCUT2D eigenvalue weighted by atomic mass is 10.0. The maximum Gasteiger partial charge on any atom is 0.130 e. The van der Waals surface area contributed by atoms with Crippen LogP contribution in [0.4, 0.5) is 0 Å². The van der Waals surface area contributed by atoms with Crippen molar-refractivity contribution in [2.45, 2.75) is 44.3 Å². The lowest BCUT2D eigenvalue weighted by Gasteiger charge is -2.29. The van der Waals surface area contributed by atoms with Crippen LogP contribution in [0.1, 0.15) is 31.2 Å².